The van der Waals surface area contributed by atoms with E-state index in [0.29, 0.717) is 18.5 Å². The van der Waals surface area contributed by atoms with Gasteiger partial charge in [-0.05, 0) is 50.4 Å². The minimum absolute atomic E-state index is 0.0424. The maximum absolute atomic E-state index is 13.6. The lowest BCUT2D eigenvalue weighted by atomic mass is 9.99. The number of amides is 1. The molecule has 2 rings (SSSR count). The second-order valence-electron chi connectivity index (χ2n) is 6.43. The van der Waals surface area contributed by atoms with E-state index in [0.717, 1.165) is 25.9 Å². The number of aliphatic hydroxyl groups excluding tert-OH is 1. The first kappa shape index (κ1) is 17.8. The van der Waals surface area contributed by atoms with Crippen molar-refractivity contribution in [3.63, 3.8) is 0 Å². The highest BCUT2D eigenvalue weighted by molar-refractivity contribution is 5.94. The summed E-state index contributed by atoms with van der Waals surface area (Å²) in [6.45, 7) is 6.10. The number of likely N-dealkylation sites (tertiary alicyclic amines) is 1. The number of hydrogen-bond donors (Lipinski definition) is 2. The van der Waals surface area contributed by atoms with E-state index < -0.39 is 23.6 Å². The molecular weight excluding hydrogens is 302 g/mol. The average molecular weight is 326 g/mol. The molecule has 2 N–H and O–H groups in total. The van der Waals surface area contributed by atoms with E-state index in [1.807, 2.05) is 0 Å². The molecule has 1 unspecified atom stereocenters. The number of β-amino-alcohol motifs (C(OH)–C–C–N with tert-alkyl or cyclic N) is 1. The Balaban J connectivity index is 1.83. The third-order valence-electron chi connectivity index (χ3n) is 4.34. The van der Waals surface area contributed by atoms with E-state index in [9.17, 15) is 18.7 Å². The predicted octanol–water partition coefficient (Wildman–Crippen LogP) is 2.10. The number of halogens is 2. The quantitative estimate of drug-likeness (QED) is 0.871. The maximum Gasteiger partial charge on any atom is 0.254 e. The molecule has 0 aliphatic carbocycles. The molecule has 1 aliphatic rings. The Morgan fingerprint density at radius 1 is 1.35 bits per heavy atom. The summed E-state index contributed by atoms with van der Waals surface area (Å²) in [7, 11) is 0. The average Bonchev–Trinajstić information content (AvgIpc) is 2.51. The van der Waals surface area contributed by atoms with Gasteiger partial charge in [0, 0.05) is 19.2 Å². The van der Waals surface area contributed by atoms with Crippen LogP contribution in [0.1, 0.15) is 35.7 Å². The molecule has 1 atom stereocenters. The molecule has 1 aromatic carbocycles. The highest BCUT2D eigenvalue weighted by Crippen LogP contribution is 2.16. The van der Waals surface area contributed by atoms with Gasteiger partial charge in [-0.15, -0.1) is 0 Å². The van der Waals surface area contributed by atoms with E-state index in [4.69, 9.17) is 0 Å². The van der Waals surface area contributed by atoms with Gasteiger partial charge >= 0.3 is 0 Å². The molecule has 1 fully saturated rings. The summed E-state index contributed by atoms with van der Waals surface area (Å²) in [6, 6.07) is 1.88. The molecule has 1 heterocycles. The molecule has 0 aromatic heterocycles. The van der Waals surface area contributed by atoms with Crippen LogP contribution in [0.5, 0.6) is 0 Å². The summed E-state index contributed by atoms with van der Waals surface area (Å²) in [4.78, 5) is 14.1. The van der Waals surface area contributed by atoms with Gasteiger partial charge in [-0.1, -0.05) is 6.92 Å². The number of hydrogen-bond acceptors (Lipinski definition) is 3. The minimum Gasteiger partial charge on any atom is -0.390 e. The third-order valence-corrected chi connectivity index (χ3v) is 4.34. The second kappa shape index (κ2) is 7.84. The van der Waals surface area contributed by atoms with Gasteiger partial charge in [-0.25, -0.2) is 8.78 Å². The van der Waals surface area contributed by atoms with Crippen LogP contribution in [-0.4, -0.2) is 48.2 Å². The van der Waals surface area contributed by atoms with Crippen LogP contribution in [0.4, 0.5) is 8.78 Å². The second-order valence-corrected chi connectivity index (χ2v) is 6.43. The van der Waals surface area contributed by atoms with Crippen LogP contribution in [0, 0.1) is 24.5 Å². The zero-order chi connectivity index (χ0) is 17.0. The number of nitrogens with zero attached hydrogens (tertiary/aromatic N) is 1. The highest BCUT2D eigenvalue weighted by Gasteiger charge is 2.20. The lowest BCUT2D eigenvalue weighted by molar-refractivity contribution is 0.0793. The number of carbonyl (C=O) groups excluding carboxylic acids is 1. The molecule has 0 bridgehead atoms. The first-order valence-corrected chi connectivity index (χ1v) is 8.01. The Kier molecular flexibility index (Phi) is 6.07. The predicted molar refractivity (Wildman–Crippen MR) is 84.3 cm³/mol. The lowest BCUT2D eigenvalue weighted by Gasteiger charge is -2.31. The van der Waals surface area contributed by atoms with Gasteiger partial charge in [0.1, 0.15) is 11.6 Å². The standard InChI is InChI=1S/C17H24F2N2O2/c1-11-3-5-21(6-4-11)10-13(22)9-20-17(23)14-7-12(2)15(18)8-16(14)19/h7-8,11,13,22H,3-6,9-10H2,1-2H3,(H,20,23). The van der Waals surface area contributed by atoms with Gasteiger partial charge in [0.25, 0.3) is 5.91 Å². The summed E-state index contributed by atoms with van der Waals surface area (Å²) >= 11 is 0. The number of rotatable bonds is 5. The van der Waals surface area contributed by atoms with E-state index in [-0.39, 0.29) is 17.7 Å². The van der Waals surface area contributed by atoms with Crippen LogP contribution < -0.4 is 5.32 Å². The van der Waals surface area contributed by atoms with E-state index in [2.05, 4.69) is 17.1 Å². The van der Waals surface area contributed by atoms with Crippen molar-refractivity contribution in [2.24, 2.45) is 5.92 Å². The van der Waals surface area contributed by atoms with E-state index >= 15 is 0 Å². The fourth-order valence-corrected chi connectivity index (χ4v) is 2.74. The molecule has 6 heteroatoms. The van der Waals surface area contributed by atoms with Gasteiger partial charge < -0.3 is 15.3 Å². The molecule has 1 aromatic rings. The first-order valence-electron chi connectivity index (χ1n) is 8.01. The van der Waals surface area contributed by atoms with Crippen LogP contribution >= 0.6 is 0 Å². The van der Waals surface area contributed by atoms with E-state index in [1.54, 1.807) is 0 Å². The number of nitrogens with one attached hydrogen (secondary N) is 1. The third kappa shape index (κ3) is 4.97. The van der Waals surface area contributed by atoms with Crippen molar-refractivity contribution < 1.29 is 18.7 Å². The molecule has 0 radical (unpaired) electrons. The first-order chi connectivity index (χ1) is 10.9. The number of benzene rings is 1. The molecule has 1 saturated heterocycles. The maximum atomic E-state index is 13.6. The van der Waals surface area contributed by atoms with Gasteiger partial charge in [0.2, 0.25) is 0 Å². The molecule has 4 nitrogen and oxygen atoms in total. The van der Waals surface area contributed by atoms with Crippen molar-refractivity contribution in [3.8, 4) is 0 Å². The van der Waals surface area contributed by atoms with Crippen LogP contribution in [0.15, 0.2) is 12.1 Å². The SMILES string of the molecule is Cc1cc(C(=O)NCC(O)CN2CCC(C)CC2)c(F)cc1F. The van der Waals surface area contributed by atoms with Crippen LogP contribution in [0.3, 0.4) is 0 Å². The summed E-state index contributed by atoms with van der Waals surface area (Å²) < 4.78 is 26.9. The number of aryl methyl sites for hydroxylation is 1. The molecular formula is C17H24F2N2O2. The summed E-state index contributed by atoms with van der Waals surface area (Å²) in [6.07, 6.45) is 1.51. The van der Waals surface area contributed by atoms with Crippen molar-refractivity contribution in [2.75, 3.05) is 26.2 Å². The molecule has 1 amide bonds. The Labute approximate surface area is 135 Å². The highest BCUT2D eigenvalue weighted by atomic mass is 19.1. The Morgan fingerprint density at radius 2 is 2.00 bits per heavy atom. The molecule has 1 aliphatic heterocycles. The van der Waals surface area contributed by atoms with E-state index in [1.165, 1.54) is 13.0 Å². The number of piperidine rings is 1. The van der Waals surface area contributed by atoms with Crippen LogP contribution in [0.25, 0.3) is 0 Å². The number of carbonyl (C=O) groups is 1. The van der Waals surface area contributed by atoms with Gasteiger partial charge in [-0.2, -0.15) is 0 Å². The molecule has 0 spiro atoms. The fourth-order valence-electron chi connectivity index (χ4n) is 2.74. The van der Waals surface area contributed by atoms with Crippen molar-refractivity contribution in [2.45, 2.75) is 32.8 Å². The Hall–Kier alpha value is -1.53. The van der Waals surface area contributed by atoms with Crippen molar-refractivity contribution in [3.05, 3.63) is 34.9 Å². The minimum atomic E-state index is -0.898. The normalized spacial score (nSPS) is 18.0. The summed E-state index contributed by atoms with van der Waals surface area (Å²) in [5.74, 6) is -1.51. The lowest BCUT2D eigenvalue weighted by Crippen LogP contribution is -2.43. The van der Waals surface area contributed by atoms with Crippen molar-refractivity contribution in [1.82, 2.24) is 10.2 Å². The number of aliphatic hydroxyl groups is 1. The summed E-state index contributed by atoms with van der Waals surface area (Å²) in [5.41, 5.74) is 0.00225. The van der Waals surface area contributed by atoms with Crippen LogP contribution in [0.2, 0.25) is 0 Å². The Morgan fingerprint density at radius 3 is 2.65 bits per heavy atom. The van der Waals surface area contributed by atoms with Gasteiger partial charge in [-0.3, -0.25) is 4.79 Å². The van der Waals surface area contributed by atoms with Gasteiger partial charge in [0.15, 0.2) is 0 Å². The van der Waals surface area contributed by atoms with Crippen LogP contribution in [-0.2, 0) is 0 Å². The topological polar surface area (TPSA) is 52.6 Å². The van der Waals surface area contributed by atoms with Gasteiger partial charge in [0.05, 0.1) is 11.7 Å². The smallest absolute Gasteiger partial charge is 0.254 e. The largest absolute Gasteiger partial charge is 0.390 e. The fraction of sp³-hybridized carbons (Fsp3) is 0.588. The van der Waals surface area contributed by atoms with Crippen molar-refractivity contribution in [1.29, 1.82) is 0 Å². The molecule has 23 heavy (non-hydrogen) atoms. The molecule has 0 saturated carbocycles. The summed E-state index contributed by atoms with van der Waals surface area (Å²) in [5, 5.41) is 12.5. The zero-order valence-electron chi connectivity index (χ0n) is 13.6. The monoisotopic (exact) mass is 326 g/mol. The molecule has 128 valence electrons. The zero-order valence-corrected chi connectivity index (χ0v) is 13.6. The van der Waals surface area contributed by atoms with Crippen molar-refractivity contribution >= 4 is 5.91 Å². The Bertz CT molecular complexity index is 558.